The Balaban J connectivity index is 2.03. The van der Waals surface area contributed by atoms with E-state index in [4.69, 9.17) is 0 Å². The Kier molecular flexibility index (Phi) is 3.62. The zero-order valence-electron chi connectivity index (χ0n) is 9.60. The third kappa shape index (κ3) is 2.86. The maximum atomic E-state index is 4.55. The van der Waals surface area contributed by atoms with Gasteiger partial charge < -0.3 is 0 Å². The average molecular weight is 229 g/mol. The third-order valence-electron chi connectivity index (χ3n) is 2.55. The second kappa shape index (κ2) is 5.17. The fourth-order valence-electron chi connectivity index (χ4n) is 1.42. The van der Waals surface area contributed by atoms with Gasteiger partial charge in [-0.1, -0.05) is 36.4 Å². The van der Waals surface area contributed by atoms with Crippen molar-refractivity contribution in [2.75, 3.05) is 0 Å². The van der Waals surface area contributed by atoms with Crippen LogP contribution in [0.1, 0.15) is 16.8 Å². The van der Waals surface area contributed by atoms with Crippen molar-refractivity contribution in [3.63, 3.8) is 0 Å². The Hall–Kier alpha value is -1.28. The van der Waals surface area contributed by atoms with Gasteiger partial charge in [-0.25, -0.2) is 4.98 Å². The van der Waals surface area contributed by atoms with E-state index in [2.05, 4.69) is 55.2 Å². The molecule has 0 aliphatic carbocycles. The lowest BCUT2D eigenvalue weighted by Crippen LogP contribution is -1.89. The lowest BCUT2D eigenvalue weighted by molar-refractivity contribution is 1.04. The molecular weight excluding hydrogens is 214 g/mol. The summed E-state index contributed by atoms with van der Waals surface area (Å²) in [5.74, 6) is 0.982. The standard InChI is InChI=1S/C14H15NS/c1-11-8-9-14(15-12(11)2)16-10-13-6-4-3-5-7-13/h3-9H,10H2,1-2H3. The van der Waals surface area contributed by atoms with Crippen molar-refractivity contribution in [2.24, 2.45) is 0 Å². The van der Waals surface area contributed by atoms with Gasteiger partial charge in [-0.05, 0) is 31.0 Å². The van der Waals surface area contributed by atoms with Crippen LogP contribution in [-0.4, -0.2) is 4.98 Å². The number of nitrogens with zero attached hydrogens (tertiary/aromatic N) is 1. The minimum absolute atomic E-state index is 0.982. The molecule has 82 valence electrons. The van der Waals surface area contributed by atoms with Gasteiger partial charge in [-0.3, -0.25) is 0 Å². The fourth-order valence-corrected chi connectivity index (χ4v) is 2.29. The molecule has 0 aliphatic heterocycles. The Bertz CT molecular complexity index is 465. The third-order valence-corrected chi connectivity index (χ3v) is 3.55. The molecule has 0 unspecified atom stereocenters. The van der Waals surface area contributed by atoms with Crippen LogP contribution in [0.2, 0.25) is 0 Å². The Labute approximate surface area is 101 Å². The molecule has 1 aromatic carbocycles. The molecule has 0 aliphatic rings. The van der Waals surface area contributed by atoms with Crippen molar-refractivity contribution in [3.05, 3.63) is 59.3 Å². The number of pyridine rings is 1. The van der Waals surface area contributed by atoms with Gasteiger partial charge in [0.15, 0.2) is 0 Å². The zero-order chi connectivity index (χ0) is 11.4. The van der Waals surface area contributed by atoms with Crippen molar-refractivity contribution < 1.29 is 0 Å². The minimum atomic E-state index is 0.982. The van der Waals surface area contributed by atoms with Gasteiger partial charge in [-0.15, -0.1) is 11.8 Å². The van der Waals surface area contributed by atoms with Crippen LogP contribution in [0.25, 0.3) is 0 Å². The Morgan fingerprint density at radius 1 is 1.00 bits per heavy atom. The van der Waals surface area contributed by atoms with Gasteiger partial charge in [0, 0.05) is 11.4 Å². The van der Waals surface area contributed by atoms with Gasteiger partial charge in [0.1, 0.15) is 0 Å². The van der Waals surface area contributed by atoms with Crippen molar-refractivity contribution in [1.82, 2.24) is 4.98 Å². The molecule has 0 fully saturated rings. The van der Waals surface area contributed by atoms with Crippen LogP contribution in [0.15, 0.2) is 47.5 Å². The SMILES string of the molecule is Cc1ccc(SCc2ccccc2)nc1C. The van der Waals surface area contributed by atoms with Crippen molar-refractivity contribution >= 4 is 11.8 Å². The Morgan fingerprint density at radius 2 is 1.75 bits per heavy atom. The molecule has 2 aromatic rings. The van der Waals surface area contributed by atoms with Crippen LogP contribution in [0.3, 0.4) is 0 Å². The highest BCUT2D eigenvalue weighted by atomic mass is 32.2. The summed E-state index contributed by atoms with van der Waals surface area (Å²) in [7, 11) is 0. The molecular formula is C14H15NS. The van der Waals surface area contributed by atoms with Crippen LogP contribution in [0.4, 0.5) is 0 Å². The van der Waals surface area contributed by atoms with Gasteiger partial charge in [0.05, 0.1) is 5.03 Å². The zero-order valence-corrected chi connectivity index (χ0v) is 10.4. The lowest BCUT2D eigenvalue weighted by Gasteiger charge is -2.04. The summed E-state index contributed by atoms with van der Waals surface area (Å²) in [5, 5.41) is 1.10. The van der Waals surface area contributed by atoms with E-state index in [1.54, 1.807) is 11.8 Å². The maximum absolute atomic E-state index is 4.55. The summed E-state index contributed by atoms with van der Waals surface area (Å²) in [6.45, 7) is 4.15. The summed E-state index contributed by atoms with van der Waals surface area (Å²) >= 11 is 1.79. The number of benzene rings is 1. The molecule has 0 N–H and O–H groups in total. The molecule has 1 heterocycles. The van der Waals surface area contributed by atoms with E-state index in [1.807, 2.05) is 6.07 Å². The molecule has 2 heteroatoms. The van der Waals surface area contributed by atoms with Crippen LogP contribution in [-0.2, 0) is 5.75 Å². The van der Waals surface area contributed by atoms with Gasteiger partial charge in [-0.2, -0.15) is 0 Å². The van der Waals surface area contributed by atoms with E-state index >= 15 is 0 Å². The second-order valence-corrected chi connectivity index (χ2v) is 4.82. The Morgan fingerprint density at radius 3 is 2.44 bits per heavy atom. The molecule has 1 nitrogen and oxygen atoms in total. The molecule has 1 aromatic heterocycles. The van der Waals surface area contributed by atoms with Crippen molar-refractivity contribution in [1.29, 1.82) is 0 Å². The number of aryl methyl sites for hydroxylation is 2. The van der Waals surface area contributed by atoms with E-state index in [-0.39, 0.29) is 0 Å². The molecule has 0 amide bonds. The highest BCUT2D eigenvalue weighted by Gasteiger charge is 1.99. The van der Waals surface area contributed by atoms with Crippen molar-refractivity contribution in [2.45, 2.75) is 24.6 Å². The number of rotatable bonds is 3. The van der Waals surface area contributed by atoms with Gasteiger partial charge >= 0.3 is 0 Å². The summed E-state index contributed by atoms with van der Waals surface area (Å²) in [6, 6.07) is 14.7. The minimum Gasteiger partial charge on any atom is -0.247 e. The molecule has 2 rings (SSSR count). The topological polar surface area (TPSA) is 12.9 Å². The molecule has 0 atom stereocenters. The predicted molar refractivity (Wildman–Crippen MR) is 69.7 cm³/mol. The highest BCUT2D eigenvalue weighted by Crippen LogP contribution is 2.21. The number of hydrogen-bond donors (Lipinski definition) is 0. The summed E-state index contributed by atoms with van der Waals surface area (Å²) in [4.78, 5) is 4.55. The first kappa shape index (κ1) is 11.2. The first-order chi connectivity index (χ1) is 7.75. The molecule has 16 heavy (non-hydrogen) atoms. The fraction of sp³-hybridized carbons (Fsp3) is 0.214. The van der Waals surface area contributed by atoms with Gasteiger partial charge in [0.2, 0.25) is 0 Å². The second-order valence-electron chi connectivity index (χ2n) is 3.83. The number of thioether (sulfide) groups is 1. The largest absolute Gasteiger partial charge is 0.247 e. The van der Waals surface area contributed by atoms with Gasteiger partial charge in [0.25, 0.3) is 0 Å². The molecule has 0 saturated heterocycles. The first-order valence-electron chi connectivity index (χ1n) is 5.36. The number of aromatic nitrogens is 1. The smallest absolute Gasteiger partial charge is 0.0966 e. The quantitative estimate of drug-likeness (QED) is 0.738. The van der Waals surface area contributed by atoms with E-state index in [1.165, 1.54) is 11.1 Å². The maximum Gasteiger partial charge on any atom is 0.0966 e. The van der Waals surface area contributed by atoms with Crippen LogP contribution >= 0.6 is 11.8 Å². The van der Waals surface area contributed by atoms with Crippen LogP contribution in [0.5, 0.6) is 0 Å². The average Bonchev–Trinajstić information content (AvgIpc) is 2.32. The van der Waals surface area contributed by atoms with E-state index in [0.29, 0.717) is 0 Å². The van der Waals surface area contributed by atoms with Crippen LogP contribution < -0.4 is 0 Å². The highest BCUT2D eigenvalue weighted by molar-refractivity contribution is 7.98. The summed E-state index contributed by atoms with van der Waals surface area (Å²) < 4.78 is 0. The normalized spacial score (nSPS) is 10.4. The summed E-state index contributed by atoms with van der Waals surface area (Å²) in [5.41, 5.74) is 3.72. The predicted octanol–water partition coefficient (Wildman–Crippen LogP) is 3.99. The molecule has 0 saturated carbocycles. The van der Waals surface area contributed by atoms with Crippen LogP contribution in [0, 0.1) is 13.8 Å². The van der Waals surface area contributed by atoms with Crippen molar-refractivity contribution in [3.8, 4) is 0 Å². The number of hydrogen-bond acceptors (Lipinski definition) is 2. The molecule has 0 spiro atoms. The van der Waals surface area contributed by atoms with E-state index in [9.17, 15) is 0 Å². The lowest BCUT2D eigenvalue weighted by atomic mass is 10.2. The van der Waals surface area contributed by atoms with E-state index in [0.717, 1.165) is 16.5 Å². The first-order valence-corrected chi connectivity index (χ1v) is 6.35. The molecule has 0 bridgehead atoms. The molecule has 0 radical (unpaired) electrons. The monoisotopic (exact) mass is 229 g/mol. The van der Waals surface area contributed by atoms with E-state index < -0.39 is 0 Å². The summed E-state index contributed by atoms with van der Waals surface area (Å²) in [6.07, 6.45) is 0.